The number of hydrogen-bond donors (Lipinski definition) is 1. The summed E-state index contributed by atoms with van der Waals surface area (Å²) in [5, 5.41) is 10.2. The van der Waals surface area contributed by atoms with Crippen LogP contribution in [0, 0.1) is 12.7 Å². The Bertz CT molecular complexity index is 977. The molecule has 2 aromatic carbocycles. The third-order valence-electron chi connectivity index (χ3n) is 5.51. The highest BCUT2D eigenvalue weighted by Crippen LogP contribution is 2.27. The second-order valence-corrected chi connectivity index (χ2v) is 8.38. The molecule has 1 aliphatic heterocycles. The van der Waals surface area contributed by atoms with E-state index >= 15 is 0 Å². The average molecular weight is 426 g/mol. The monoisotopic (exact) mass is 425 g/mol. The third-order valence-corrected chi connectivity index (χ3v) is 5.51. The summed E-state index contributed by atoms with van der Waals surface area (Å²) in [4.78, 5) is 14.0. The molecule has 1 N–H and O–H groups in total. The Morgan fingerprint density at radius 2 is 2.03 bits per heavy atom. The lowest BCUT2D eigenvalue weighted by Crippen LogP contribution is -2.43. The van der Waals surface area contributed by atoms with Gasteiger partial charge in [-0.25, -0.2) is 9.18 Å². The Morgan fingerprint density at radius 3 is 2.58 bits per heavy atom. The number of ether oxygens (including phenoxy) is 1. The van der Waals surface area contributed by atoms with Gasteiger partial charge >= 0.3 is 5.91 Å². The highest BCUT2D eigenvalue weighted by Gasteiger charge is 2.25. The second kappa shape index (κ2) is 9.54. The van der Waals surface area contributed by atoms with E-state index in [0.717, 1.165) is 11.1 Å². The summed E-state index contributed by atoms with van der Waals surface area (Å²) in [6.45, 7) is 11.1. The van der Waals surface area contributed by atoms with Crippen LogP contribution in [0.15, 0.2) is 55.1 Å². The van der Waals surface area contributed by atoms with Crippen LogP contribution >= 0.6 is 0 Å². The van der Waals surface area contributed by atoms with Crippen molar-refractivity contribution in [1.29, 1.82) is 0 Å². The van der Waals surface area contributed by atoms with Gasteiger partial charge in [-0.1, -0.05) is 30.8 Å². The van der Waals surface area contributed by atoms with Gasteiger partial charge in [-0.2, -0.15) is 4.58 Å². The van der Waals surface area contributed by atoms with Crippen LogP contribution in [0.1, 0.15) is 36.6 Å². The molecule has 0 radical (unpaired) electrons. The molecule has 3 rings (SSSR count). The molecule has 0 bridgehead atoms. The van der Waals surface area contributed by atoms with Crippen LogP contribution in [0.25, 0.3) is 0 Å². The van der Waals surface area contributed by atoms with Gasteiger partial charge in [0.15, 0.2) is 12.8 Å². The number of rotatable bonds is 7. The maximum absolute atomic E-state index is 14.3. The first-order chi connectivity index (χ1) is 14.7. The Kier molecular flexibility index (Phi) is 7.03. The molecular formula is C25H30FN2O3+. The van der Waals surface area contributed by atoms with Crippen LogP contribution in [-0.2, 0) is 10.4 Å². The summed E-state index contributed by atoms with van der Waals surface area (Å²) in [5.41, 5.74) is 1.19. The van der Waals surface area contributed by atoms with Gasteiger partial charge in [-0.15, -0.1) is 0 Å². The summed E-state index contributed by atoms with van der Waals surface area (Å²) in [6, 6.07) is 12.5. The first kappa shape index (κ1) is 22.8. The average Bonchev–Trinajstić information content (AvgIpc) is 2.75. The van der Waals surface area contributed by atoms with Crippen LogP contribution in [0.3, 0.4) is 0 Å². The molecule has 1 atom stereocenters. The van der Waals surface area contributed by atoms with Crippen molar-refractivity contribution in [3.05, 3.63) is 77.6 Å². The molecule has 1 aliphatic rings. The summed E-state index contributed by atoms with van der Waals surface area (Å²) < 4.78 is 22.2. The van der Waals surface area contributed by atoms with Crippen molar-refractivity contribution in [3.63, 3.8) is 0 Å². The number of nitrogens with zero attached hydrogens (tertiary/aromatic N) is 2. The number of carbonyl (C=O) groups excluding carboxylic acids is 1. The number of hydrogen-bond acceptors (Lipinski definition) is 4. The van der Waals surface area contributed by atoms with E-state index in [1.54, 1.807) is 31.4 Å². The number of halogens is 1. The van der Waals surface area contributed by atoms with Crippen molar-refractivity contribution in [2.45, 2.75) is 32.5 Å². The van der Waals surface area contributed by atoms with Gasteiger partial charge in [0.25, 0.3) is 0 Å². The van der Waals surface area contributed by atoms with E-state index in [9.17, 15) is 14.3 Å². The number of aliphatic hydroxyl groups is 1. The standard InChI is InChI=1S/C25H30FN2O3/c1-5-24(29)28-14-12-27(13-15-28)17-23(19-7-6-18(2)22(26)16-19)31-21-10-8-20(9-11-21)25(3,4)30/h5-11,14,16,23,30H,1,12-13,15,17H2,2-4H3/q+1. The molecule has 0 aliphatic carbocycles. The topological polar surface area (TPSA) is 52.8 Å². The fourth-order valence-electron chi connectivity index (χ4n) is 3.49. The molecule has 6 heteroatoms. The molecule has 0 spiro atoms. The van der Waals surface area contributed by atoms with Crippen molar-refractivity contribution < 1.29 is 23.6 Å². The van der Waals surface area contributed by atoms with Crippen molar-refractivity contribution >= 4 is 12.1 Å². The van der Waals surface area contributed by atoms with Gasteiger partial charge < -0.3 is 9.84 Å². The minimum atomic E-state index is -0.934. The van der Waals surface area contributed by atoms with E-state index in [2.05, 4.69) is 11.5 Å². The molecule has 0 fully saturated rings. The normalized spacial score (nSPS) is 15.8. The molecule has 164 valence electrons. The lowest BCUT2D eigenvalue weighted by molar-refractivity contribution is -0.446. The first-order valence-corrected chi connectivity index (χ1v) is 10.4. The number of benzene rings is 2. The van der Waals surface area contributed by atoms with E-state index in [1.807, 2.05) is 36.5 Å². The number of carbonyl (C=O) groups is 1. The molecular weight excluding hydrogens is 395 g/mol. The number of amides is 1. The lowest BCUT2D eigenvalue weighted by Gasteiger charge is -2.28. The first-order valence-electron chi connectivity index (χ1n) is 10.4. The minimum absolute atomic E-state index is 0.111. The minimum Gasteiger partial charge on any atom is -0.484 e. The van der Waals surface area contributed by atoms with E-state index < -0.39 is 11.7 Å². The van der Waals surface area contributed by atoms with Crippen molar-refractivity contribution in [1.82, 2.24) is 4.90 Å². The number of aryl methyl sites for hydroxylation is 1. The molecule has 1 amide bonds. The second-order valence-electron chi connectivity index (χ2n) is 8.38. The van der Waals surface area contributed by atoms with E-state index in [-0.39, 0.29) is 11.7 Å². The van der Waals surface area contributed by atoms with Crippen LogP contribution < -0.4 is 4.74 Å². The lowest BCUT2D eigenvalue weighted by atomic mass is 9.98. The SMILES string of the molecule is C=CC(=O)[N+]1=CCN(CC(Oc2ccc(C(C)(C)O)cc2)c2ccc(C)c(F)c2)CC1. The summed E-state index contributed by atoms with van der Waals surface area (Å²) in [7, 11) is 0. The van der Waals surface area contributed by atoms with Crippen molar-refractivity contribution in [2.75, 3.05) is 26.2 Å². The van der Waals surface area contributed by atoms with Gasteiger partial charge in [0, 0.05) is 12.6 Å². The van der Waals surface area contributed by atoms with Crippen LogP contribution in [0.4, 0.5) is 4.39 Å². The summed E-state index contributed by atoms with van der Waals surface area (Å²) in [5.74, 6) is 0.264. The van der Waals surface area contributed by atoms with Gasteiger partial charge in [-0.05, 0) is 55.7 Å². The molecule has 2 aromatic rings. The maximum Gasteiger partial charge on any atom is 0.411 e. The molecule has 0 saturated heterocycles. The highest BCUT2D eigenvalue weighted by molar-refractivity contribution is 5.82. The van der Waals surface area contributed by atoms with Gasteiger partial charge in [0.05, 0.1) is 18.7 Å². The molecule has 5 nitrogen and oxygen atoms in total. The zero-order chi connectivity index (χ0) is 22.6. The predicted molar refractivity (Wildman–Crippen MR) is 119 cm³/mol. The highest BCUT2D eigenvalue weighted by atomic mass is 19.1. The van der Waals surface area contributed by atoms with Crippen molar-refractivity contribution in [3.8, 4) is 5.75 Å². The largest absolute Gasteiger partial charge is 0.484 e. The fraction of sp³-hybridized carbons (Fsp3) is 0.360. The Labute approximate surface area is 183 Å². The quantitative estimate of drug-likeness (QED) is 0.544. The summed E-state index contributed by atoms with van der Waals surface area (Å²) in [6.07, 6.45) is 2.77. The van der Waals surface area contributed by atoms with E-state index in [4.69, 9.17) is 4.74 Å². The predicted octanol–water partition coefficient (Wildman–Crippen LogP) is 3.59. The summed E-state index contributed by atoms with van der Waals surface area (Å²) >= 11 is 0. The van der Waals surface area contributed by atoms with Gasteiger partial charge in [0.1, 0.15) is 17.7 Å². The molecule has 0 aromatic heterocycles. The Hall–Kier alpha value is -2.83. The van der Waals surface area contributed by atoms with Gasteiger partial charge in [0.2, 0.25) is 0 Å². The van der Waals surface area contributed by atoms with E-state index in [1.165, 1.54) is 12.1 Å². The zero-order valence-electron chi connectivity index (χ0n) is 18.3. The molecule has 0 saturated carbocycles. The molecule has 31 heavy (non-hydrogen) atoms. The zero-order valence-corrected chi connectivity index (χ0v) is 18.3. The van der Waals surface area contributed by atoms with Gasteiger partial charge in [-0.3, -0.25) is 4.90 Å². The molecule has 1 heterocycles. The van der Waals surface area contributed by atoms with E-state index in [0.29, 0.717) is 37.5 Å². The Balaban J connectivity index is 1.80. The van der Waals surface area contributed by atoms with Crippen LogP contribution in [-0.4, -0.2) is 52.9 Å². The third kappa shape index (κ3) is 5.87. The fourth-order valence-corrected chi connectivity index (χ4v) is 3.49. The smallest absolute Gasteiger partial charge is 0.411 e. The Morgan fingerprint density at radius 1 is 1.32 bits per heavy atom. The van der Waals surface area contributed by atoms with Crippen LogP contribution in [0.5, 0.6) is 5.75 Å². The molecule has 1 unspecified atom stereocenters. The van der Waals surface area contributed by atoms with Crippen molar-refractivity contribution in [2.24, 2.45) is 0 Å². The van der Waals surface area contributed by atoms with Crippen LogP contribution in [0.2, 0.25) is 0 Å². The maximum atomic E-state index is 14.3.